The number of carbonyl (C=O) groups excluding carboxylic acids is 3. The number of Topliss-reactive ketones (excluding diaryl/α,β-unsaturated/α-hetero) is 2. The van der Waals surface area contributed by atoms with Crippen LogP contribution in [0.25, 0.3) is 0 Å². The average Bonchev–Trinajstić information content (AvgIpc) is 3.31. The summed E-state index contributed by atoms with van der Waals surface area (Å²) >= 11 is 0. The highest BCUT2D eigenvalue weighted by Crippen LogP contribution is 2.74. The van der Waals surface area contributed by atoms with Crippen molar-refractivity contribution < 1.29 is 33.3 Å². The van der Waals surface area contributed by atoms with E-state index in [1.54, 1.807) is 96.1 Å². The molecule has 7 heteroatoms. The van der Waals surface area contributed by atoms with Crippen molar-refractivity contribution in [3.63, 3.8) is 0 Å². The summed E-state index contributed by atoms with van der Waals surface area (Å²) in [6.07, 6.45) is 0. The third kappa shape index (κ3) is 2.44. The molecule has 3 heterocycles. The molecule has 2 bridgehead atoms. The van der Waals surface area contributed by atoms with E-state index in [2.05, 4.69) is 0 Å². The fourth-order valence-corrected chi connectivity index (χ4v) is 5.29. The van der Waals surface area contributed by atoms with Crippen LogP contribution < -0.4 is 0 Å². The molecule has 34 heavy (non-hydrogen) atoms. The maximum Gasteiger partial charge on any atom is 0.346 e. The number of rotatable bonds is 4. The fraction of sp³-hybridized carbons (Fsp3) is 0.444. The topological polar surface area (TPSA) is 88.1 Å². The molecule has 0 aliphatic carbocycles. The summed E-state index contributed by atoms with van der Waals surface area (Å²) in [6.45, 7) is 10.2. The van der Waals surface area contributed by atoms with Crippen LogP contribution in [0.1, 0.15) is 52.7 Å². The Morgan fingerprint density at radius 2 is 1.26 bits per heavy atom. The minimum absolute atomic E-state index is 0.380. The SMILES string of the molecule is CC(C)(C)C(=O)C(=O)[C@@]12O[C@@]3(c4ccccc4)O[C@@]1(c1ccccc1)OC(=O)[C@@]2(C(C)(C)C)O3. The van der Waals surface area contributed by atoms with Gasteiger partial charge in [0.1, 0.15) is 0 Å². The van der Waals surface area contributed by atoms with Gasteiger partial charge in [-0.25, -0.2) is 4.79 Å². The second-order valence-corrected chi connectivity index (χ2v) is 11.1. The molecule has 3 fully saturated rings. The van der Waals surface area contributed by atoms with Crippen molar-refractivity contribution >= 4 is 17.5 Å². The minimum atomic E-state index is -2.21. The second kappa shape index (κ2) is 6.62. The van der Waals surface area contributed by atoms with Crippen LogP contribution in [0.15, 0.2) is 60.7 Å². The van der Waals surface area contributed by atoms with Gasteiger partial charge in [0.05, 0.1) is 0 Å². The van der Waals surface area contributed by atoms with Crippen LogP contribution in [-0.2, 0) is 45.1 Å². The number of esters is 1. The second-order valence-electron chi connectivity index (χ2n) is 11.1. The van der Waals surface area contributed by atoms with Crippen molar-refractivity contribution in [2.24, 2.45) is 10.8 Å². The molecule has 178 valence electrons. The Morgan fingerprint density at radius 1 is 0.735 bits per heavy atom. The van der Waals surface area contributed by atoms with E-state index in [1.165, 1.54) is 0 Å². The predicted molar refractivity (Wildman–Crippen MR) is 120 cm³/mol. The van der Waals surface area contributed by atoms with Crippen molar-refractivity contribution in [3.8, 4) is 0 Å². The molecule has 2 aromatic carbocycles. The van der Waals surface area contributed by atoms with Gasteiger partial charge in [0.2, 0.25) is 22.8 Å². The maximum absolute atomic E-state index is 14.3. The first kappa shape index (κ1) is 22.9. The van der Waals surface area contributed by atoms with E-state index >= 15 is 0 Å². The lowest BCUT2D eigenvalue weighted by Crippen LogP contribution is -2.72. The zero-order valence-electron chi connectivity index (χ0n) is 20.1. The van der Waals surface area contributed by atoms with Crippen LogP contribution in [-0.4, -0.2) is 28.7 Å². The molecular formula is C27H28O7. The van der Waals surface area contributed by atoms with Gasteiger partial charge in [-0.05, 0) is 0 Å². The summed E-state index contributed by atoms with van der Waals surface area (Å²) in [4.78, 5) is 41.7. The van der Waals surface area contributed by atoms with Crippen LogP contribution in [0, 0.1) is 10.8 Å². The summed E-state index contributed by atoms with van der Waals surface area (Å²) in [5.74, 6) is -6.40. The number of hydrogen-bond acceptors (Lipinski definition) is 7. The van der Waals surface area contributed by atoms with E-state index in [1.807, 2.05) is 6.07 Å². The number of fused-ring (bicyclic) bond motifs is 1. The van der Waals surface area contributed by atoms with Crippen LogP contribution in [0.2, 0.25) is 0 Å². The Morgan fingerprint density at radius 3 is 1.76 bits per heavy atom. The third-order valence-electron chi connectivity index (χ3n) is 6.88. The Kier molecular flexibility index (Phi) is 4.46. The molecule has 3 aliphatic rings. The lowest BCUT2D eigenvalue weighted by Gasteiger charge is -2.47. The molecule has 3 saturated heterocycles. The number of hydrogen-bond donors (Lipinski definition) is 0. The third-order valence-corrected chi connectivity index (χ3v) is 6.88. The van der Waals surface area contributed by atoms with Crippen LogP contribution in [0.4, 0.5) is 0 Å². The molecule has 0 spiro atoms. The van der Waals surface area contributed by atoms with Crippen molar-refractivity contribution in [1.82, 2.24) is 0 Å². The van der Waals surface area contributed by atoms with Gasteiger partial charge in [0.25, 0.3) is 5.79 Å². The Balaban J connectivity index is 1.89. The molecule has 2 aromatic rings. The van der Waals surface area contributed by atoms with E-state index < -0.39 is 51.3 Å². The van der Waals surface area contributed by atoms with Gasteiger partial charge in [-0.1, -0.05) is 102 Å². The smallest absolute Gasteiger partial charge is 0.346 e. The maximum atomic E-state index is 14.3. The van der Waals surface area contributed by atoms with Crippen molar-refractivity contribution in [2.45, 2.75) is 64.5 Å². The highest BCUT2D eigenvalue weighted by Gasteiger charge is 2.97. The molecule has 0 unspecified atom stereocenters. The van der Waals surface area contributed by atoms with Crippen LogP contribution >= 0.6 is 0 Å². The lowest BCUT2D eigenvalue weighted by molar-refractivity contribution is -0.385. The van der Waals surface area contributed by atoms with Gasteiger partial charge in [0.15, 0.2) is 0 Å². The standard InChI is InChI=1S/C27H28O7/c1-22(2,3)19(28)20(29)24-25(23(4,5)6)21(30)31-26(24,17-13-9-7-10-14-17)34-27(32-24,33-25)18-15-11-8-12-16-18/h7-16H,1-6H3/t24-,25-,26+,27+/m0/s1. The van der Waals surface area contributed by atoms with E-state index in [0.29, 0.717) is 11.1 Å². The molecule has 7 nitrogen and oxygen atoms in total. The van der Waals surface area contributed by atoms with Crippen LogP contribution in [0.3, 0.4) is 0 Å². The minimum Gasteiger partial charge on any atom is -0.422 e. The van der Waals surface area contributed by atoms with Crippen molar-refractivity contribution in [3.05, 3.63) is 71.8 Å². The number of ketones is 2. The monoisotopic (exact) mass is 464 g/mol. The summed E-state index contributed by atoms with van der Waals surface area (Å²) in [5.41, 5.74) is -5.41. The molecule has 0 radical (unpaired) electrons. The summed E-state index contributed by atoms with van der Waals surface area (Å²) in [6, 6.07) is 17.4. The van der Waals surface area contributed by atoms with Gasteiger partial charge in [-0.15, -0.1) is 0 Å². The molecule has 0 amide bonds. The fourth-order valence-electron chi connectivity index (χ4n) is 5.29. The van der Waals surface area contributed by atoms with Crippen LogP contribution in [0.5, 0.6) is 0 Å². The van der Waals surface area contributed by atoms with E-state index in [0.717, 1.165) is 0 Å². The number of ether oxygens (including phenoxy) is 4. The van der Waals surface area contributed by atoms with Crippen molar-refractivity contribution in [2.75, 3.05) is 0 Å². The lowest BCUT2D eigenvalue weighted by atomic mass is 9.60. The van der Waals surface area contributed by atoms with Gasteiger partial charge >= 0.3 is 11.9 Å². The van der Waals surface area contributed by atoms with Gasteiger partial charge in [-0.3, -0.25) is 19.1 Å². The summed E-state index contributed by atoms with van der Waals surface area (Å²) < 4.78 is 25.3. The predicted octanol–water partition coefficient (Wildman–Crippen LogP) is 3.99. The van der Waals surface area contributed by atoms with E-state index in [4.69, 9.17) is 18.9 Å². The van der Waals surface area contributed by atoms with Crippen molar-refractivity contribution in [1.29, 1.82) is 0 Å². The van der Waals surface area contributed by atoms with E-state index in [-0.39, 0.29) is 0 Å². The normalized spacial score (nSPS) is 34.2. The zero-order valence-corrected chi connectivity index (χ0v) is 20.1. The molecule has 0 aromatic heterocycles. The molecule has 0 N–H and O–H groups in total. The van der Waals surface area contributed by atoms with Gasteiger partial charge < -0.3 is 9.47 Å². The molecule has 0 saturated carbocycles. The Labute approximate surface area is 198 Å². The first-order valence-electron chi connectivity index (χ1n) is 11.3. The number of benzene rings is 2. The quantitative estimate of drug-likeness (QED) is 0.499. The Bertz CT molecular complexity index is 1190. The largest absolute Gasteiger partial charge is 0.422 e. The molecule has 3 aliphatic heterocycles. The molecule has 4 atom stereocenters. The van der Waals surface area contributed by atoms with Gasteiger partial charge in [0, 0.05) is 22.0 Å². The highest BCUT2D eigenvalue weighted by atomic mass is 17.0. The first-order chi connectivity index (χ1) is 15.8. The van der Waals surface area contributed by atoms with E-state index in [9.17, 15) is 14.4 Å². The zero-order chi connectivity index (χ0) is 24.8. The summed E-state index contributed by atoms with van der Waals surface area (Å²) in [7, 11) is 0. The Hall–Kier alpha value is -2.87. The van der Waals surface area contributed by atoms with Gasteiger partial charge in [-0.2, -0.15) is 0 Å². The molecular weight excluding hydrogens is 436 g/mol. The highest BCUT2D eigenvalue weighted by molar-refractivity contribution is 6.43. The molecule has 5 rings (SSSR count). The summed E-state index contributed by atoms with van der Waals surface area (Å²) in [5, 5.41) is 0. The first-order valence-corrected chi connectivity index (χ1v) is 11.3. The average molecular weight is 465 g/mol. The number of carbonyl (C=O) groups is 3.